The van der Waals surface area contributed by atoms with Crippen molar-refractivity contribution >= 4 is 11.6 Å². The van der Waals surface area contributed by atoms with Crippen molar-refractivity contribution in [1.82, 2.24) is 5.32 Å². The quantitative estimate of drug-likeness (QED) is 0.859. The van der Waals surface area contributed by atoms with E-state index in [2.05, 4.69) is 5.32 Å². The van der Waals surface area contributed by atoms with Gasteiger partial charge in [-0.2, -0.15) is 0 Å². The van der Waals surface area contributed by atoms with Crippen LogP contribution in [0.3, 0.4) is 0 Å². The van der Waals surface area contributed by atoms with Crippen LogP contribution in [0.4, 0.5) is 0 Å². The van der Waals surface area contributed by atoms with Crippen LogP contribution in [0.2, 0.25) is 5.02 Å². The molecule has 0 spiro atoms. The lowest BCUT2D eigenvalue weighted by molar-refractivity contribution is 0.0370. The van der Waals surface area contributed by atoms with Gasteiger partial charge in [0.1, 0.15) is 11.9 Å². The Kier molecular flexibility index (Phi) is 5.41. The number of rotatable bonds is 6. The van der Waals surface area contributed by atoms with Crippen molar-refractivity contribution in [2.45, 2.75) is 12.2 Å². The molecule has 2 aromatic carbocycles. The fraction of sp³-hybridized carbons (Fsp3) is 0.250. The molecule has 0 radical (unpaired) electrons. The third kappa shape index (κ3) is 3.73. The van der Waals surface area contributed by atoms with Gasteiger partial charge in [-0.25, -0.2) is 0 Å². The summed E-state index contributed by atoms with van der Waals surface area (Å²) in [5.41, 5.74) is 0.912. The second-order valence-electron chi connectivity index (χ2n) is 4.50. The SMILES string of the molecule is CNCC(O)C(Oc1ccccc1Cl)c1ccccc1. The number of ether oxygens (including phenoxy) is 1. The molecule has 0 amide bonds. The Bertz CT molecular complexity index is 533. The van der Waals surface area contributed by atoms with Gasteiger partial charge >= 0.3 is 0 Å². The van der Waals surface area contributed by atoms with Crippen molar-refractivity contribution in [2.24, 2.45) is 0 Å². The highest BCUT2D eigenvalue weighted by atomic mass is 35.5. The van der Waals surface area contributed by atoms with Gasteiger partial charge in [-0.15, -0.1) is 0 Å². The molecule has 0 heterocycles. The zero-order chi connectivity index (χ0) is 14.4. The van der Waals surface area contributed by atoms with Gasteiger partial charge in [0, 0.05) is 6.54 Å². The van der Waals surface area contributed by atoms with E-state index in [1.54, 1.807) is 19.2 Å². The highest BCUT2D eigenvalue weighted by molar-refractivity contribution is 6.32. The van der Waals surface area contributed by atoms with Gasteiger partial charge in [0.15, 0.2) is 6.10 Å². The predicted molar refractivity (Wildman–Crippen MR) is 81.2 cm³/mol. The first kappa shape index (κ1) is 14.9. The predicted octanol–water partition coefficient (Wildman–Crippen LogP) is 3.04. The number of halogens is 1. The number of aliphatic hydroxyl groups is 1. The fourth-order valence-electron chi connectivity index (χ4n) is 2.00. The van der Waals surface area contributed by atoms with Crippen LogP contribution in [-0.2, 0) is 0 Å². The van der Waals surface area contributed by atoms with E-state index in [1.807, 2.05) is 42.5 Å². The minimum atomic E-state index is -0.668. The summed E-state index contributed by atoms with van der Waals surface area (Å²) in [6.07, 6.45) is -1.14. The van der Waals surface area contributed by atoms with Crippen molar-refractivity contribution in [2.75, 3.05) is 13.6 Å². The maximum Gasteiger partial charge on any atom is 0.151 e. The first-order valence-electron chi connectivity index (χ1n) is 6.51. The maximum absolute atomic E-state index is 10.3. The van der Waals surface area contributed by atoms with Crippen LogP contribution in [0, 0.1) is 0 Å². The Morgan fingerprint density at radius 2 is 1.75 bits per heavy atom. The van der Waals surface area contributed by atoms with E-state index in [1.165, 1.54) is 0 Å². The Labute approximate surface area is 124 Å². The van der Waals surface area contributed by atoms with E-state index < -0.39 is 12.2 Å². The van der Waals surface area contributed by atoms with Crippen molar-refractivity contribution in [3.63, 3.8) is 0 Å². The van der Waals surface area contributed by atoms with Crippen LogP contribution >= 0.6 is 11.6 Å². The summed E-state index contributed by atoms with van der Waals surface area (Å²) in [7, 11) is 1.79. The number of likely N-dealkylation sites (N-methyl/N-ethyl adjacent to an activating group) is 1. The summed E-state index contributed by atoms with van der Waals surface area (Å²) < 4.78 is 5.92. The van der Waals surface area contributed by atoms with Crippen LogP contribution in [0.5, 0.6) is 5.75 Å². The zero-order valence-corrected chi connectivity index (χ0v) is 12.0. The topological polar surface area (TPSA) is 41.5 Å². The highest BCUT2D eigenvalue weighted by Gasteiger charge is 2.23. The standard InChI is InChI=1S/C16H18ClNO2/c1-18-11-14(19)16(12-7-3-2-4-8-12)20-15-10-6-5-9-13(15)17/h2-10,14,16,18-19H,11H2,1H3. The fourth-order valence-corrected chi connectivity index (χ4v) is 2.18. The Morgan fingerprint density at radius 3 is 2.40 bits per heavy atom. The summed E-state index contributed by atoms with van der Waals surface area (Å²) in [4.78, 5) is 0. The third-order valence-electron chi connectivity index (χ3n) is 2.98. The van der Waals surface area contributed by atoms with Gasteiger partial charge in [-0.05, 0) is 24.7 Å². The number of para-hydroxylation sites is 1. The lowest BCUT2D eigenvalue weighted by atomic mass is 10.0. The van der Waals surface area contributed by atoms with Gasteiger partial charge in [-0.1, -0.05) is 54.1 Å². The van der Waals surface area contributed by atoms with Gasteiger partial charge in [-0.3, -0.25) is 0 Å². The molecule has 2 aromatic rings. The van der Waals surface area contributed by atoms with E-state index in [-0.39, 0.29) is 0 Å². The molecule has 2 unspecified atom stereocenters. The van der Waals surface area contributed by atoms with Crippen LogP contribution in [0.25, 0.3) is 0 Å². The third-order valence-corrected chi connectivity index (χ3v) is 3.29. The maximum atomic E-state index is 10.3. The Hall–Kier alpha value is -1.55. The van der Waals surface area contributed by atoms with Crippen LogP contribution < -0.4 is 10.1 Å². The minimum absolute atomic E-state index is 0.435. The second kappa shape index (κ2) is 7.29. The highest BCUT2D eigenvalue weighted by Crippen LogP contribution is 2.30. The smallest absolute Gasteiger partial charge is 0.151 e. The molecule has 0 saturated heterocycles. The van der Waals surface area contributed by atoms with Gasteiger partial charge in [0.2, 0.25) is 0 Å². The average molecular weight is 292 g/mol. The lowest BCUT2D eigenvalue weighted by Crippen LogP contribution is -2.32. The molecule has 0 saturated carbocycles. The molecule has 0 aliphatic heterocycles. The lowest BCUT2D eigenvalue weighted by Gasteiger charge is -2.25. The zero-order valence-electron chi connectivity index (χ0n) is 11.3. The summed E-state index contributed by atoms with van der Waals surface area (Å²) in [6, 6.07) is 16.9. The Balaban J connectivity index is 2.26. The van der Waals surface area contributed by atoms with E-state index in [0.717, 1.165) is 5.56 Å². The van der Waals surface area contributed by atoms with E-state index in [4.69, 9.17) is 16.3 Å². The first-order valence-corrected chi connectivity index (χ1v) is 6.89. The number of hydrogen-bond acceptors (Lipinski definition) is 3. The monoisotopic (exact) mass is 291 g/mol. The van der Waals surface area contributed by atoms with Crippen molar-refractivity contribution < 1.29 is 9.84 Å². The van der Waals surface area contributed by atoms with Gasteiger partial charge in [0.25, 0.3) is 0 Å². The van der Waals surface area contributed by atoms with Crippen LogP contribution in [-0.4, -0.2) is 24.8 Å². The molecule has 4 heteroatoms. The van der Waals surface area contributed by atoms with Crippen molar-refractivity contribution in [3.05, 3.63) is 65.2 Å². The largest absolute Gasteiger partial charge is 0.481 e. The molecule has 2 N–H and O–H groups in total. The molecule has 20 heavy (non-hydrogen) atoms. The summed E-state index contributed by atoms with van der Waals surface area (Å²) in [6.45, 7) is 0.435. The molecule has 106 valence electrons. The molecule has 0 aliphatic carbocycles. The molecule has 0 aromatic heterocycles. The van der Waals surface area contributed by atoms with E-state index in [0.29, 0.717) is 17.3 Å². The van der Waals surface area contributed by atoms with Crippen LogP contribution in [0.15, 0.2) is 54.6 Å². The average Bonchev–Trinajstić information content (AvgIpc) is 2.47. The van der Waals surface area contributed by atoms with Crippen molar-refractivity contribution in [3.8, 4) is 5.75 Å². The van der Waals surface area contributed by atoms with Crippen LogP contribution in [0.1, 0.15) is 11.7 Å². The van der Waals surface area contributed by atoms with Crippen molar-refractivity contribution in [1.29, 1.82) is 0 Å². The molecular weight excluding hydrogens is 274 g/mol. The summed E-state index contributed by atoms with van der Waals surface area (Å²) in [5, 5.41) is 13.8. The van der Waals surface area contributed by atoms with Gasteiger partial charge in [0.05, 0.1) is 5.02 Å². The molecular formula is C16H18ClNO2. The second-order valence-corrected chi connectivity index (χ2v) is 4.91. The molecule has 0 bridgehead atoms. The van der Waals surface area contributed by atoms with E-state index in [9.17, 15) is 5.11 Å². The Morgan fingerprint density at radius 1 is 1.10 bits per heavy atom. The van der Waals surface area contributed by atoms with E-state index >= 15 is 0 Å². The normalized spacial score (nSPS) is 13.8. The minimum Gasteiger partial charge on any atom is -0.481 e. The summed E-state index contributed by atoms with van der Waals surface area (Å²) in [5.74, 6) is 0.568. The first-order chi connectivity index (χ1) is 9.72. The number of nitrogens with one attached hydrogen (secondary N) is 1. The number of hydrogen-bond donors (Lipinski definition) is 2. The molecule has 2 atom stereocenters. The molecule has 0 fully saturated rings. The summed E-state index contributed by atoms with van der Waals surface area (Å²) >= 11 is 6.12. The molecule has 0 aliphatic rings. The molecule has 2 rings (SSSR count). The number of benzene rings is 2. The molecule has 3 nitrogen and oxygen atoms in total. The van der Waals surface area contributed by atoms with Gasteiger partial charge < -0.3 is 15.2 Å². The number of aliphatic hydroxyl groups excluding tert-OH is 1.